The molecule has 0 aliphatic carbocycles. The standard InChI is InChI=1S/C21H13Br/c1-12-8-9-13-4-3-7-16-19(13)18(12)15-6-2-5-14-10-11-17(22)21(16)20(14)15/h2-11H,1H3. The molecule has 0 heterocycles. The van der Waals surface area contributed by atoms with E-state index in [0.29, 0.717) is 0 Å². The van der Waals surface area contributed by atoms with E-state index in [1.54, 1.807) is 0 Å². The molecule has 0 nitrogen and oxygen atoms in total. The highest BCUT2D eigenvalue weighted by Crippen LogP contribution is 2.43. The van der Waals surface area contributed by atoms with E-state index in [4.69, 9.17) is 0 Å². The second kappa shape index (κ2) is 4.21. The number of benzene rings is 5. The zero-order valence-corrected chi connectivity index (χ0v) is 13.7. The molecule has 5 rings (SSSR count). The molecule has 0 aliphatic rings. The zero-order chi connectivity index (χ0) is 14.8. The van der Waals surface area contributed by atoms with Gasteiger partial charge in [0.25, 0.3) is 0 Å². The largest absolute Gasteiger partial charge is 0.0610 e. The lowest BCUT2D eigenvalue weighted by Gasteiger charge is -2.16. The summed E-state index contributed by atoms with van der Waals surface area (Å²) in [6.45, 7) is 2.22. The van der Waals surface area contributed by atoms with Crippen molar-refractivity contribution < 1.29 is 0 Å². The molecule has 0 bridgehead atoms. The molecule has 0 unspecified atom stereocenters. The second-order valence-electron chi connectivity index (χ2n) is 5.99. The van der Waals surface area contributed by atoms with Crippen LogP contribution in [0.25, 0.3) is 43.1 Å². The van der Waals surface area contributed by atoms with Crippen molar-refractivity contribution in [3.63, 3.8) is 0 Å². The fourth-order valence-electron chi connectivity index (χ4n) is 3.86. The van der Waals surface area contributed by atoms with Gasteiger partial charge in [0.15, 0.2) is 0 Å². The SMILES string of the molecule is Cc1ccc2cccc3c4c(Br)ccc5cccc(c1c23)c54. The van der Waals surface area contributed by atoms with Gasteiger partial charge in [-0.3, -0.25) is 0 Å². The Labute approximate surface area is 136 Å². The summed E-state index contributed by atoms with van der Waals surface area (Å²) < 4.78 is 1.17. The first kappa shape index (κ1) is 12.4. The maximum absolute atomic E-state index is 3.78. The van der Waals surface area contributed by atoms with E-state index < -0.39 is 0 Å². The van der Waals surface area contributed by atoms with Gasteiger partial charge >= 0.3 is 0 Å². The van der Waals surface area contributed by atoms with Crippen LogP contribution in [-0.4, -0.2) is 0 Å². The van der Waals surface area contributed by atoms with Gasteiger partial charge in [-0.15, -0.1) is 0 Å². The van der Waals surface area contributed by atoms with Crippen molar-refractivity contribution >= 4 is 59.0 Å². The molecule has 0 aromatic heterocycles. The van der Waals surface area contributed by atoms with Gasteiger partial charge in [-0.2, -0.15) is 0 Å². The van der Waals surface area contributed by atoms with Crippen LogP contribution in [0, 0.1) is 6.92 Å². The maximum Gasteiger partial charge on any atom is 0.0260 e. The van der Waals surface area contributed by atoms with Crippen molar-refractivity contribution in [2.45, 2.75) is 6.92 Å². The highest BCUT2D eigenvalue weighted by Gasteiger charge is 2.15. The minimum absolute atomic E-state index is 1.17. The molecule has 104 valence electrons. The van der Waals surface area contributed by atoms with E-state index in [0.717, 1.165) is 0 Å². The molecule has 1 heteroatoms. The van der Waals surface area contributed by atoms with Crippen molar-refractivity contribution in [3.05, 3.63) is 70.7 Å². The van der Waals surface area contributed by atoms with Crippen LogP contribution in [0.1, 0.15) is 5.56 Å². The molecule has 0 spiro atoms. The molecular weight excluding hydrogens is 332 g/mol. The Kier molecular flexibility index (Phi) is 2.38. The van der Waals surface area contributed by atoms with E-state index in [1.165, 1.54) is 53.1 Å². The molecule has 0 saturated carbocycles. The number of rotatable bonds is 0. The predicted octanol–water partition coefficient (Wildman–Crippen LogP) is 6.81. The van der Waals surface area contributed by atoms with Gasteiger partial charge < -0.3 is 0 Å². The first-order valence-corrected chi connectivity index (χ1v) is 8.29. The predicted molar refractivity (Wildman–Crippen MR) is 100 cm³/mol. The Bertz CT molecular complexity index is 1090. The normalized spacial score (nSPS) is 12.1. The summed E-state index contributed by atoms with van der Waals surface area (Å²) in [6.07, 6.45) is 0. The third-order valence-electron chi connectivity index (χ3n) is 4.79. The lowest BCUT2D eigenvalue weighted by atomic mass is 9.88. The average molecular weight is 345 g/mol. The molecule has 0 radical (unpaired) electrons. The van der Waals surface area contributed by atoms with Crippen molar-refractivity contribution in [2.24, 2.45) is 0 Å². The summed E-state index contributed by atoms with van der Waals surface area (Å²) in [5.41, 5.74) is 1.35. The van der Waals surface area contributed by atoms with Gasteiger partial charge in [0.05, 0.1) is 0 Å². The topological polar surface area (TPSA) is 0 Å². The molecule has 0 amide bonds. The molecule has 0 saturated heterocycles. The van der Waals surface area contributed by atoms with Gasteiger partial charge in [0.1, 0.15) is 0 Å². The van der Waals surface area contributed by atoms with E-state index in [2.05, 4.69) is 83.5 Å². The summed E-state index contributed by atoms with van der Waals surface area (Å²) in [6, 6.07) is 22.1. The van der Waals surface area contributed by atoms with Crippen molar-refractivity contribution in [3.8, 4) is 0 Å². The van der Waals surface area contributed by atoms with E-state index >= 15 is 0 Å². The third kappa shape index (κ3) is 1.42. The molecular formula is C21H13Br. The Morgan fingerprint density at radius 2 is 1.18 bits per heavy atom. The van der Waals surface area contributed by atoms with Crippen molar-refractivity contribution in [1.29, 1.82) is 0 Å². The Balaban J connectivity index is 2.33. The monoisotopic (exact) mass is 344 g/mol. The van der Waals surface area contributed by atoms with Crippen LogP contribution in [-0.2, 0) is 0 Å². The van der Waals surface area contributed by atoms with Crippen LogP contribution in [0.4, 0.5) is 0 Å². The molecule has 22 heavy (non-hydrogen) atoms. The van der Waals surface area contributed by atoms with E-state index in [1.807, 2.05) is 0 Å². The van der Waals surface area contributed by atoms with Gasteiger partial charge in [-0.25, -0.2) is 0 Å². The van der Waals surface area contributed by atoms with Gasteiger partial charge in [-0.1, -0.05) is 70.5 Å². The van der Waals surface area contributed by atoms with Crippen molar-refractivity contribution in [2.75, 3.05) is 0 Å². The quantitative estimate of drug-likeness (QED) is 0.214. The number of hydrogen-bond donors (Lipinski definition) is 0. The summed E-state index contributed by atoms with van der Waals surface area (Å²) in [7, 11) is 0. The molecule has 5 aromatic rings. The second-order valence-corrected chi connectivity index (χ2v) is 6.84. The Hall–Kier alpha value is -2.12. The van der Waals surface area contributed by atoms with Crippen LogP contribution in [0.15, 0.2) is 65.1 Å². The third-order valence-corrected chi connectivity index (χ3v) is 5.45. The highest BCUT2D eigenvalue weighted by molar-refractivity contribution is 9.10. The van der Waals surface area contributed by atoms with Crippen molar-refractivity contribution in [1.82, 2.24) is 0 Å². The summed E-state index contributed by atoms with van der Waals surface area (Å²) in [4.78, 5) is 0. The molecule has 0 N–H and O–H groups in total. The Morgan fingerprint density at radius 1 is 0.591 bits per heavy atom. The lowest BCUT2D eigenvalue weighted by molar-refractivity contribution is 1.56. The van der Waals surface area contributed by atoms with Crippen LogP contribution in [0.3, 0.4) is 0 Å². The van der Waals surface area contributed by atoms with E-state index in [-0.39, 0.29) is 0 Å². The van der Waals surface area contributed by atoms with Crippen LogP contribution < -0.4 is 0 Å². The minimum atomic E-state index is 1.17. The maximum atomic E-state index is 3.78. The first-order chi connectivity index (χ1) is 10.8. The molecule has 0 fully saturated rings. The zero-order valence-electron chi connectivity index (χ0n) is 12.2. The van der Waals surface area contributed by atoms with Crippen LogP contribution in [0.5, 0.6) is 0 Å². The van der Waals surface area contributed by atoms with Gasteiger partial charge in [-0.05, 0) is 56.3 Å². The number of aryl methyl sites for hydroxylation is 1. The lowest BCUT2D eigenvalue weighted by Crippen LogP contribution is -1.89. The fraction of sp³-hybridized carbons (Fsp3) is 0.0476. The first-order valence-electron chi connectivity index (χ1n) is 7.50. The molecule has 0 aliphatic heterocycles. The fourth-order valence-corrected chi connectivity index (χ4v) is 4.41. The van der Waals surface area contributed by atoms with E-state index in [9.17, 15) is 0 Å². The smallest absolute Gasteiger partial charge is 0.0260 e. The Morgan fingerprint density at radius 3 is 1.91 bits per heavy atom. The average Bonchev–Trinajstić information content (AvgIpc) is 2.55. The molecule has 5 aromatic carbocycles. The minimum Gasteiger partial charge on any atom is -0.0610 e. The van der Waals surface area contributed by atoms with Gasteiger partial charge in [0, 0.05) is 9.86 Å². The van der Waals surface area contributed by atoms with Gasteiger partial charge in [0.2, 0.25) is 0 Å². The number of hydrogen-bond acceptors (Lipinski definition) is 0. The van der Waals surface area contributed by atoms with Crippen LogP contribution >= 0.6 is 15.9 Å². The summed E-state index contributed by atoms with van der Waals surface area (Å²) >= 11 is 3.78. The molecule has 0 atom stereocenters. The summed E-state index contributed by atoms with van der Waals surface area (Å²) in [5.74, 6) is 0. The highest BCUT2D eigenvalue weighted by atomic mass is 79.9. The van der Waals surface area contributed by atoms with Crippen LogP contribution in [0.2, 0.25) is 0 Å². The summed E-state index contributed by atoms with van der Waals surface area (Å²) in [5, 5.41) is 10.8. The number of fused-ring (bicyclic) bond motifs is 2. The number of halogens is 1.